The normalized spacial score (nSPS) is 13.6. The number of hydrogen-bond donors (Lipinski definition) is 3. The van der Waals surface area contributed by atoms with Crippen molar-refractivity contribution in [3.63, 3.8) is 0 Å². The number of imidazole rings is 1. The third-order valence-corrected chi connectivity index (χ3v) is 4.97. The number of amides is 1. The van der Waals surface area contributed by atoms with Crippen LogP contribution in [0.4, 0.5) is 11.4 Å². The molecule has 0 atom stereocenters. The summed E-state index contributed by atoms with van der Waals surface area (Å²) in [6.07, 6.45) is 12.6. The van der Waals surface area contributed by atoms with Crippen LogP contribution in [-0.2, 0) is 9.63 Å². The smallest absolute Gasteiger partial charge is 0.228 e. The quantitative estimate of drug-likeness (QED) is 0.309. The number of nitrogens with zero attached hydrogens (tertiary/aromatic N) is 2. The summed E-state index contributed by atoms with van der Waals surface area (Å²) in [6.45, 7) is 0. The fraction of sp³-hybridized carbons (Fsp3) is 0.167. The van der Waals surface area contributed by atoms with Crippen molar-refractivity contribution in [2.75, 3.05) is 12.4 Å². The summed E-state index contributed by atoms with van der Waals surface area (Å²) in [7, 11) is 1.58. The number of benzene rings is 2. The van der Waals surface area contributed by atoms with E-state index in [1.54, 1.807) is 30.8 Å². The molecule has 0 saturated carbocycles. The van der Waals surface area contributed by atoms with E-state index in [2.05, 4.69) is 28.5 Å². The Morgan fingerprint density at radius 3 is 2.84 bits per heavy atom. The number of hydrogen-bond acceptors (Lipinski definition) is 4. The number of rotatable bonds is 7. The Bertz CT molecular complexity index is 1170. The monoisotopic (exact) mass is 417 g/mol. The van der Waals surface area contributed by atoms with Gasteiger partial charge in [0, 0.05) is 29.8 Å². The molecule has 7 heteroatoms. The predicted molar refractivity (Wildman–Crippen MR) is 120 cm³/mol. The van der Waals surface area contributed by atoms with Crippen LogP contribution in [0, 0.1) is 0 Å². The second kappa shape index (κ2) is 9.42. The Hall–Kier alpha value is -3.68. The molecule has 0 radical (unpaired) electrons. The van der Waals surface area contributed by atoms with Gasteiger partial charge in [-0.1, -0.05) is 30.4 Å². The minimum Gasteiger partial charge on any atom is -0.426 e. The number of aromatic nitrogens is 2. The summed E-state index contributed by atoms with van der Waals surface area (Å²) < 4.78 is 1.06. The number of nitrogens with one attached hydrogen (secondary N) is 1. The highest BCUT2D eigenvalue weighted by atomic mass is 16.6. The van der Waals surface area contributed by atoms with Gasteiger partial charge in [-0.3, -0.25) is 4.79 Å². The van der Waals surface area contributed by atoms with Crippen LogP contribution in [0.1, 0.15) is 19.3 Å². The first-order valence-corrected chi connectivity index (χ1v) is 10.2. The number of allylic oxidation sites excluding steroid dienone is 5. The van der Waals surface area contributed by atoms with Gasteiger partial charge in [-0.15, -0.1) is 0 Å². The predicted octanol–water partition coefficient (Wildman–Crippen LogP) is 3.86. The second-order valence-electron chi connectivity index (χ2n) is 7.26. The maximum Gasteiger partial charge on any atom is 0.228 e. The molecule has 1 amide bonds. The number of carbonyl (C=O) groups is 1. The van der Waals surface area contributed by atoms with Crippen LogP contribution in [0.15, 0.2) is 78.4 Å². The third kappa shape index (κ3) is 4.91. The zero-order chi connectivity index (χ0) is 21.6. The molecule has 1 aliphatic rings. The lowest BCUT2D eigenvalue weighted by Crippen LogP contribution is -2.75. The van der Waals surface area contributed by atoms with E-state index in [4.69, 9.17) is 4.84 Å². The SMILES string of the molecule is CO[NH2+]c1ccc2nc(-c3ccc(NC(=O)C/C=C/C4=CCCC=C4)cc3)n(O)c2c1. The van der Waals surface area contributed by atoms with Crippen molar-refractivity contribution in [2.24, 2.45) is 0 Å². The van der Waals surface area contributed by atoms with E-state index < -0.39 is 0 Å². The summed E-state index contributed by atoms with van der Waals surface area (Å²) >= 11 is 0. The van der Waals surface area contributed by atoms with Crippen LogP contribution >= 0.6 is 0 Å². The summed E-state index contributed by atoms with van der Waals surface area (Å²) in [5.74, 6) is 0.347. The van der Waals surface area contributed by atoms with Crippen molar-refractivity contribution in [3.05, 3.63) is 78.4 Å². The van der Waals surface area contributed by atoms with Gasteiger partial charge < -0.3 is 10.5 Å². The molecule has 0 bridgehead atoms. The largest absolute Gasteiger partial charge is 0.426 e. The van der Waals surface area contributed by atoms with Crippen LogP contribution in [0.3, 0.4) is 0 Å². The van der Waals surface area contributed by atoms with Crippen molar-refractivity contribution >= 4 is 28.3 Å². The lowest BCUT2D eigenvalue weighted by atomic mass is 10.1. The first kappa shape index (κ1) is 20.6. The summed E-state index contributed by atoms with van der Waals surface area (Å²) in [6, 6.07) is 12.7. The van der Waals surface area contributed by atoms with Crippen LogP contribution in [0.2, 0.25) is 0 Å². The Morgan fingerprint density at radius 1 is 1.26 bits per heavy atom. The van der Waals surface area contributed by atoms with Crippen LogP contribution in [0.5, 0.6) is 0 Å². The summed E-state index contributed by atoms with van der Waals surface area (Å²) in [5, 5.41) is 13.5. The van der Waals surface area contributed by atoms with Crippen LogP contribution < -0.4 is 10.8 Å². The van der Waals surface area contributed by atoms with Gasteiger partial charge in [-0.05, 0) is 48.7 Å². The first-order valence-electron chi connectivity index (χ1n) is 10.2. The minimum atomic E-state index is -0.0827. The van der Waals surface area contributed by atoms with Gasteiger partial charge in [0.15, 0.2) is 11.5 Å². The average Bonchev–Trinajstić information content (AvgIpc) is 3.11. The number of nitrogens with two attached hydrogens (primary N) is 1. The average molecular weight is 417 g/mol. The van der Waals surface area contributed by atoms with E-state index in [0.29, 0.717) is 29.0 Å². The molecule has 1 heterocycles. The van der Waals surface area contributed by atoms with Gasteiger partial charge in [0.25, 0.3) is 0 Å². The lowest BCUT2D eigenvalue weighted by Gasteiger charge is -2.06. The van der Waals surface area contributed by atoms with Crippen molar-refractivity contribution in [3.8, 4) is 11.4 Å². The van der Waals surface area contributed by atoms with Crippen LogP contribution in [-0.4, -0.2) is 27.9 Å². The van der Waals surface area contributed by atoms with Gasteiger partial charge in [0.2, 0.25) is 5.91 Å². The molecule has 1 aliphatic carbocycles. The molecule has 0 aliphatic heterocycles. The Kier molecular flexibility index (Phi) is 6.26. The highest BCUT2D eigenvalue weighted by Gasteiger charge is 2.14. The molecule has 4 rings (SSSR count). The molecule has 3 aromatic rings. The molecular formula is C24H25N4O3+. The molecule has 4 N–H and O–H groups in total. The van der Waals surface area contributed by atoms with Crippen molar-refractivity contribution in [1.29, 1.82) is 0 Å². The van der Waals surface area contributed by atoms with E-state index in [1.165, 1.54) is 0 Å². The molecule has 1 aromatic heterocycles. The zero-order valence-corrected chi connectivity index (χ0v) is 17.3. The Balaban J connectivity index is 1.42. The maximum absolute atomic E-state index is 12.2. The molecule has 31 heavy (non-hydrogen) atoms. The Morgan fingerprint density at radius 2 is 2.10 bits per heavy atom. The maximum atomic E-state index is 12.2. The fourth-order valence-electron chi connectivity index (χ4n) is 3.45. The van der Waals surface area contributed by atoms with Crippen molar-refractivity contribution in [1.82, 2.24) is 9.71 Å². The summed E-state index contributed by atoms with van der Waals surface area (Å²) in [5.41, 5.74) is 6.27. The molecular weight excluding hydrogens is 392 g/mol. The number of quaternary nitrogens is 1. The van der Waals surface area contributed by atoms with E-state index in [9.17, 15) is 10.0 Å². The van der Waals surface area contributed by atoms with Gasteiger partial charge >= 0.3 is 0 Å². The van der Waals surface area contributed by atoms with Gasteiger partial charge in [0.1, 0.15) is 5.52 Å². The highest BCUT2D eigenvalue weighted by Crippen LogP contribution is 2.25. The van der Waals surface area contributed by atoms with Gasteiger partial charge in [-0.2, -0.15) is 10.2 Å². The molecule has 0 unspecified atom stereocenters. The highest BCUT2D eigenvalue weighted by molar-refractivity contribution is 5.92. The minimum absolute atomic E-state index is 0.0827. The van der Waals surface area contributed by atoms with E-state index in [0.717, 1.165) is 34.4 Å². The molecule has 0 spiro atoms. The zero-order valence-electron chi connectivity index (χ0n) is 17.3. The van der Waals surface area contributed by atoms with Crippen molar-refractivity contribution in [2.45, 2.75) is 19.3 Å². The van der Waals surface area contributed by atoms with Crippen molar-refractivity contribution < 1.29 is 20.3 Å². The third-order valence-electron chi connectivity index (χ3n) is 4.97. The number of anilines is 1. The lowest BCUT2D eigenvalue weighted by molar-refractivity contribution is -0.830. The van der Waals surface area contributed by atoms with Crippen LogP contribution in [0.25, 0.3) is 22.4 Å². The molecule has 0 fully saturated rings. The van der Waals surface area contributed by atoms with Gasteiger partial charge in [0.05, 0.1) is 12.6 Å². The molecule has 0 saturated heterocycles. The topological polar surface area (TPSA) is 93.0 Å². The molecule has 7 nitrogen and oxygen atoms in total. The molecule has 2 aromatic carbocycles. The molecule has 158 valence electrons. The number of fused-ring (bicyclic) bond motifs is 1. The van der Waals surface area contributed by atoms with E-state index in [1.807, 2.05) is 36.4 Å². The Labute approximate surface area is 180 Å². The number of carbonyl (C=O) groups excluding carboxylic acids is 1. The van der Waals surface area contributed by atoms with E-state index in [-0.39, 0.29) is 5.91 Å². The standard InChI is InChI=1S/C24H24N4O3/c1-31-27-20-14-15-21-22(16-20)28(30)24(26-21)18-10-12-19(13-11-18)25-23(29)9-5-8-17-6-3-2-4-7-17/h3,5-8,10-16,27,30H,2,4,9H2,1H3,(H,25,29)/p+1/b8-5+. The summed E-state index contributed by atoms with van der Waals surface area (Å²) in [4.78, 5) is 21.7. The second-order valence-corrected chi connectivity index (χ2v) is 7.26. The fourth-order valence-corrected chi connectivity index (χ4v) is 3.45. The first-order chi connectivity index (χ1) is 15.1. The van der Waals surface area contributed by atoms with E-state index >= 15 is 0 Å². The van der Waals surface area contributed by atoms with Gasteiger partial charge in [-0.25, -0.2) is 9.82 Å².